The fraction of sp³-hybridized carbons (Fsp3) is 0.200. The molecule has 8 heteroatoms. The van der Waals surface area contributed by atoms with Crippen molar-refractivity contribution in [2.45, 2.75) is 25.7 Å². The van der Waals surface area contributed by atoms with Gasteiger partial charge in [0.05, 0.1) is 21.8 Å². The topological polar surface area (TPSA) is 96.3 Å². The van der Waals surface area contributed by atoms with E-state index in [4.69, 9.17) is 0 Å². The lowest BCUT2D eigenvalue weighted by Gasteiger charge is -2.05. The zero-order valence-corrected chi connectivity index (χ0v) is 17.0. The minimum atomic E-state index is -3.49. The predicted octanol–water partition coefficient (Wildman–Crippen LogP) is 2.75. The fourth-order valence-corrected chi connectivity index (χ4v) is 3.46. The summed E-state index contributed by atoms with van der Waals surface area (Å²) in [5.41, 5.74) is 4.52. The van der Waals surface area contributed by atoms with Crippen molar-refractivity contribution in [2.75, 3.05) is 7.05 Å². The number of nitrogens with one attached hydrogen (secondary N) is 2. The number of aryl methyl sites for hydroxylation is 3. The molecule has 2 N–H and O–H groups in total. The molecule has 3 rings (SSSR count). The lowest BCUT2D eigenvalue weighted by Crippen LogP contribution is -2.18. The molecule has 0 saturated heterocycles. The summed E-state index contributed by atoms with van der Waals surface area (Å²) in [6, 6.07) is 11.9. The van der Waals surface area contributed by atoms with Crippen molar-refractivity contribution in [3.63, 3.8) is 0 Å². The van der Waals surface area contributed by atoms with Crippen LogP contribution in [-0.2, 0) is 10.0 Å². The summed E-state index contributed by atoms with van der Waals surface area (Å²) < 4.78 is 27.3. The van der Waals surface area contributed by atoms with E-state index in [1.807, 2.05) is 39.0 Å². The second kappa shape index (κ2) is 7.57. The molecule has 0 amide bonds. The van der Waals surface area contributed by atoms with Crippen LogP contribution in [0.1, 0.15) is 22.4 Å². The average molecular weight is 398 g/mol. The maximum absolute atomic E-state index is 12.8. The molecule has 0 aliphatic rings. The summed E-state index contributed by atoms with van der Waals surface area (Å²) in [5.74, 6) is 0. The predicted molar refractivity (Wildman–Crippen MR) is 111 cm³/mol. The number of aliphatic imine (C=N–C) groups is 1. The quantitative estimate of drug-likeness (QED) is 0.647. The van der Waals surface area contributed by atoms with Crippen LogP contribution in [0, 0.1) is 20.8 Å². The Morgan fingerprint density at radius 1 is 1.04 bits per heavy atom. The molecule has 0 unspecified atom stereocenters. The molecule has 28 heavy (non-hydrogen) atoms. The number of aromatic amines is 1. The fourth-order valence-electron chi connectivity index (χ4n) is 2.73. The highest BCUT2D eigenvalue weighted by atomic mass is 32.2. The molecule has 0 bridgehead atoms. The molecule has 0 aliphatic carbocycles. The van der Waals surface area contributed by atoms with Gasteiger partial charge in [0.1, 0.15) is 0 Å². The zero-order chi connectivity index (χ0) is 20.5. The second-order valence-corrected chi connectivity index (χ2v) is 8.41. The lowest BCUT2D eigenvalue weighted by atomic mass is 10.1. The summed E-state index contributed by atoms with van der Waals surface area (Å²) in [4.78, 5) is 17.3. The van der Waals surface area contributed by atoms with Crippen LogP contribution < -0.4 is 10.3 Å². The number of rotatable bonds is 5. The van der Waals surface area contributed by atoms with Crippen molar-refractivity contribution in [3.8, 4) is 5.69 Å². The Morgan fingerprint density at radius 2 is 1.71 bits per heavy atom. The molecule has 146 valence electrons. The van der Waals surface area contributed by atoms with Gasteiger partial charge in [0.15, 0.2) is 0 Å². The van der Waals surface area contributed by atoms with Crippen molar-refractivity contribution >= 4 is 21.9 Å². The van der Waals surface area contributed by atoms with E-state index in [1.54, 1.807) is 12.1 Å². The van der Waals surface area contributed by atoms with E-state index in [2.05, 4.69) is 14.8 Å². The molecule has 2 aromatic carbocycles. The Labute approximate surface area is 163 Å². The Hall–Kier alpha value is -2.97. The van der Waals surface area contributed by atoms with E-state index in [0.29, 0.717) is 16.9 Å². The number of H-pyrrole nitrogens is 1. The first-order valence-electron chi connectivity index (χ1n) is 8.70. The van der Waals surface area contributed by atoms with Crippen LogP contribution in [0.15, 0.2) is 57.1 Å². The van der Waals surface area contributed by atoms with Crippen LogP contribution in [0.4, 0.5) is 5.69 Å². The van der Waals surface area contributed by atoms with Crippen LogP contribution in [-0.4, -0.2) is 31.5 Å². The third-order valence-electron chi connectivity index (χ3n) is 4.62. The van der Waals surface area contributed by atoms with Gasteiger partial charge in [0, 0.05) is 11.9 Å². The second-order valence-electron chi connectivity index (χ2n) is 6.52. The number of hydrogen-bond acceptors (Lipinski definition) is 4. The summed E-state index contributed by atoms with van der Waals surface area (Å²) >= 11 is 0. The summed E-state index contributed by atoms with van der Waals surface area (Å²) in [5, 5.41) is 3.07. The summed E-state index contributed by atoms with van der Waals surface area (Å²) in [7, 11) is -2.13. The number of benzene rings is 2. The molecule has 1 aromatic heterocycles. The molecule has 7 nitrogen and oxygen atoms in total. The van der Waals surface area contributed by atoms with Crippen molar-refractivity contribution in [3.05, 3.63) is 75.2 Å². The zero-order valence-electron chi connectivity index (χ0n) is 16.1. The number of aromatic nitrogens is 2. The molecule has 0 spiro atoms. The first kappa shape index (κ1) is 19.8. The van der Waals surface area contributed by atoms with Crippen molar-refractivity contribution in [1.82, 2.24) is 14.5 Å². The standard InChI is InChI=1S/C20H22N4O3S/c1-13-5-8-17(11-14(13)2)24-20(25)19(15(3)23-24)12-22-16-6-9-18(10-7-16)28(26,27)21-4/h5-12,21,23H,1-4H3. The molecular formula is C20H22N4O3S. The molecule has 3 aromatic rings. The normalized spacial score (nSPS) is 12.0. The van der Waals surface area contributed by atoms with Crippen molar-refractivity contribution in [2.24, 2.45) is 4.99 Å². The van der Waals surface area contributed by atoms with Gasteiger partial charge in [-0.1, -0.05) is 6.07 Å². The van der Waals surface area contributed by atoms with E-state index in [-0.39, 0.29) is 10.5 Å². The van der Waals surface area contributed by atoms with Gasteiger partial charge in [-0.2, -0.15) is 0 Å². The Balaban J connectivity index is 1.92. The van der Waals surface area contributed by atoms with Gasteiger partial charge >= 0.3 is 0 Å². The summed E-state index contributed by atoms with van der Waals surface area (Å²) in [6.45, 7) is 5.83. The van der Waals surface area contributed by atoms with Crippen LogP contribution in [0.2, 0.25) is 0 Å². The first-order chi connectivity index (χ1) is 13.2. The van der Waals surface area contributed by atoms with Crippen LogP contribution in [0.25, 0.3) is 5.69 Å². The van der Waals surface area contributed by atoms with E-state index >= 15 is 0 Å². The van der Waals surface area contributed by atoms with E-state index in [0.717, 1.165) is 16.8 Å². The van der Waals surface area contributed by atoms with Gasteiger partial charge in [-0.3, -0.25) is 14.9 Å². The van der Waals surface area contributed by atoms with Gasteiger partial charge in [-0.05, 0) is 75.3 Å². The molecule has 0 saturated carbocycles. The van der Waals surface area contributed by atoms with E-state index in [1.165, 1.54) is 30.1 Å². The highest BCUT2D eigenvalue weighted by Gasteiger charge is 2.12. The number of sulfonamides is 1. The third kappa shape index (κ3) is 3.83. The van der Waals surface area contributed by atoms with Crippen LogP contribution in [0.3, 0.4) is 0 Å². The van der Waals surface area contributed by atoms with Gasteiger partial charge in [-0.15, -0.1) is 0 Å². The lowest BCUT2D eigenvalue weighted by molar-refractivity contribution is 0.588. The average Bonchev–Trinajstić information content (AvgIpc) is 2.96. The highest BCUT2D eigenvalue weighted by molar-refractivity contribution is 7.89. The minimum absolute atomic E-state index is 0.156. The molecule has 0 aliphatic heterocycles. The minimum Gasteiger partial charge on any atom is -0.295 e. The maximum Gasteiger partial charge on any atom is 0.280 e. The van der Waals surface area contributed by atoms with Gasteiger partial charge < -0.3 is 0 Å². The maximum atomic E-state index is 12.8. The summed E-state index contributed by atoms with van der Waals surface area (Å²) in [6.07, 6.45) is 1.49. The highest BCUT2D eigenvalue weighted by Crippen LogP contribution is 2.17. The van der Waals surface area contributed by atoms with E-state index in [9.17, 15) is 13.2 Å². The molecule has 0 radical (unpaired) electrons. The first-order valence-corrected chi connectivity index (χ1v) is 10.2. The Kier molecular flexibility index (Phi) is 5.35. The Morgan fingerprint density at radius 3 is 2.32 bits per heavy atom. The SMILES string of the molecule is CNS(=O)(=O)c1ccc(N=Cc2c(C)[nH]n(-c3ccc(C)c(C)c3)c2=O)cc1. The number of nitrogens with zero attached hydrogens (tertiary/aromatic N) is 2. The van der Waals surface area contributed by atoms with Crippen LogP contribution in [0.5, 0.6) is 0 Å². The number of hydrogen-bond donors (Lipinski definition) is 2. The Bertz CT molecular complexity index is 1200. The third-order valence-corrected chi connectivity index (χ3v) is 6.05. The van der Waals surface area contributed by atoms with Crippen molar-refractivity contribution < 1.29 is 8.42 Å². The van der Waals surface area contributed by atoms with Gasteiger partial charge in [0.2, 0.25) is 10.0 Å². The largest absolute Gasteiger partial charge is 0.295 e. The molecule has 1 heterocycles. The molecule has 0 fully saturated rings. The monoisotopic (exact) mass is 398 g/mol. The van der Waals surface area contributed by atoms with E-state index < -0.39 is 10.0 Å². The van der Waals surface area contributed by atoms with Crippen molar-refractivity contribution in [1.29, 1.82) is 0 Å². The molecular weight excluding hydrogens is 376 g/mol. The van der Waals surface area contributed by atoms with Gasteiger partial charge in [0.25, 0.3) is 5.56 Å². The van der Waals surface area contributed by atoms with Crippen LogP contribution >= 0.6 is 0 Å². The van der Waals surface area contributed by atoms with Gasteiger partial charge in [-0.25, -0.2) is 17.8 Å². The molecule has 0 atom stereocenters. The smallest absolute Gasteiger partial charge is 0.280 e.